The van der Waals surface area contributed by atoms with E-state index >= 15 is 0 Å². The zero-order chi connectivity index (χ0) is 14.9. The summed E-state index contributed by atoms with van der Waals surface area (Å²) in [5.74, 6) is 0. The summed E-state index contributed by atoms with van der Waals surface area (Å²) in [5, 5.41) is 4.66. The van der Waals surface area contributed by atoms with Crippen LogP contribution in [0.2, 0.25) is 0 Å². The second kappa shape index (κ2) is 8.93. The van der Waals surface area contributed by atoms with Gasteiger partial charge < -0.3 is 10.1 Å². The van der Waals surface area contributed by atoms with Crippen LogP contribution in [0.5, 0.6) is 0 Å². The molecule has 1 aromatic heterocycles. The van der Waals surface area contributed by atoms with Crippen LogP contribution in [0.1, 0.15) is 23.2 Å². The van der Waals surface area contributed by atoms with E-state index in [2.05, 4.69) is 42.6 Å². The lowest BCUT2D eigenvalue weighted by atomic mass is 10.1. The summed E-state index contributed by atoms with van der Waals surface area (Å²) in [6, 6.07) is 10.5. The molecule has 0 aliphatic heterocycles. The van der Waals surface area contributed by atoms with Gasteiger partial charge in [0.05, 0.1) is 17.3 Å². The topological polar surface area (TPSA) is 34.2 Å². The highest BCUT2D eigenvalue weighted by atomic mass is 32.1. The number of nitrogens with one attached hydrogen (secondary N) is 1. The Hall–Kier alpha value is -1.23. The van der Waals surface area contributed by atoms with Gasteiger partial charge >= 0.3 is 0 Å². The van der Waals surface area contributed by atoms with Crippen molar-refractivity contribution in [2.24, 2.45) is 0 Å². The predicted molar refractivity (Wildman–Crippen MR) is 90.0 cm³/mol. The summed E-state index contributed by atoms with van der Waals surface area (Å²) in [5.41, 5.74) is 2.39. The lowest BCUT2D eigenvalue weighted by Crippen LogP contribution is -2.21. The monoisotopic (exact) mass is 304 g/mol. The van der Waals surface area contributed by atoms with Crippen LogP contribution in [0.4, 0.5) is 0 Å². The molecule has 0 aliphatic rings. The molecule has 1 heterocycles. The molecule has 0 unspecified atom stereocenters. The van der Waals surface area contributed by atoms with E-state index in [0.717, 1.165) is 44.7 Å². The van der Waals surface area contributed by atoms with Gasteiger partial charge in [-0.3, -0.25) is 0 Å². The zero-order valence-corrected chi connectivity index (χ0v) is 13.7. The summed E-state index contributed by atoms with van der Waals surface area (Å²) >= 11 is 1.86. The van der Waals surface area contributed by atoms with Gasteiger partial charge in [-0.15, -0.1) is 11.3 Å². The number of ether oxygens (including phenoxy) is 1. The van der Waals surface area contributed by atoms with Gasteiger partial charge in [0.25, 0.3) is 0 Å². The molecular formula is C17H24N2OS. The Morgan fingerprint density at radius 1 is 1.14 bits per heavy atom. The number of aromatic nitrogens is 1. The highest BCUT2D eigenvalue weighted by molar-refractivity contribution is 7.12. The highest BCUT2D eigenvalue weighted by Gasteiger charge is 2.12. The lowest BCUT2D eigenvalue weighted by Gasteiger charge is -2.04. The number of hydrogen-bond acceptors (Lipinski definition) is 4. The van der Waals surface area contributed by atoms with E-state index in [-0.39, 0.29) is 0 Å². The smallest absolute Gasteiger partial charge is 0.0935 e. The van der Waals surface area contributed by atoms with Crippen molar-refractivity contribution in [1.82, 2.24) is 10.3 Å². The lowest BCUT2D eigenvalue weighted by molar-refractivity contribution is 0.199. The van der Waals surface area contributed by atoms with Gasteiger partial charge in [-0.05, 0) is 19.3 Å². The number of rotatable bonds is 9. The average molecular weight is 304 g/mol. The minimum Gasteiger partial charge on any atom is -0.383 e. The number of hydrogen-bond donors (Lipinski definition) is 1. The quantitative estimate of drug-likeness (QED) is 0.720. The second-order valence-corrected chi connectivity index (χ2v) is 6.16. The van der Waals surface area contributed by atoms with E-state index in [1.807, 2.05) is 11.3 Å². The Morgan fingerprint density at radius 2 is 1.95 bits per heavy atom. The fourth-order valence-electron chi connectivity index (χ4n) is 2.21. The molecule has 21 heavy (non-hydrogen) atoms. The molecule has 0 aliphatic carbocycles. The van der Waals surface area contributed by atoms with Crippen LogP contribution in [0.15, 0.2) is 30.3 Å². The van der Waals surface area contributed by atoms with E-state index in [0.29, 0.717) is 0 Å². The first-order valence-corrected chi connectivity index (χ1v) is 8.40. The normalized spacial score (nSPS) is 11.0. The largest absolute Gasteiger partial charge is 0.383 e. The van der Waals surface area contributed by atoms with Crippen LogP contribution in [-0.4, -0.2) is 31.8 Å². The minimum absolute atomic E-state index is 0.759. The van der Waals surface area contributed by atoms with Crippen molar-refractivity contribution in [1.29, 1.82) is 0 Å². The minimum atomic E-state index is 0.759. The van der Waals surface area contributed by atoms with Gasteiger partial charge in [-0.1, -0.05) is 37.3 Å². The fourth-order valence-corrected chi connectivity index (χ4v) is 3.41. The molecule has 0 amide bonds. The number of aryl methyl sites for hydroxylation is 1. The van der Waals surface area contributed by atoms with Crippen LogP contribution >= 0.6 is 11.3 Å². The van der Waals surface area contributed by atoms with Crippen molar-refractivity contribution >= 4 is 11.3 Å². The van der Waals surface area contributed by atoms with Gasteiger partial charge in [0, 0.05) is 30.6 Å². The molecule has 0 bridgehead atoms. The van der Waals surface area contributed by atoms with Crippen LogP contribution in [0, 0.1) is 0 Å². The van der Waals surface area contributed by atoms with Crippen LogP contribution < -0.4 is 5.32 Å². The molecule has 3 nitrogen and oxygen atoms in total. The third kappa shape index (κ3) is 4.92. The van der Waals surface area contributed by atoms with Crippen molar-refractivity contribution in [2.45, 2.75) is 26.2 Å². The molecule has 1 N–H and O–H groups in total. The Kier molecular flexibility index (Phi) is 6.86. The summed E-state index contributed by atoms with van der Waals surface area (Å²) in [6.07, 6.45) is 3.24. The predicted octanol–water partition coefficient (Wildman–Crippen LogP) is 3.54. The zero-order valence-electron chi connectivity index (χ0n) is 12.9. The van der Waals surface area contributed by atoms with Crippen molar-refractivity contribution in [2.75, 3.05) is 26.8 Å². The second-order valence-electron chi connectivity index (χ2n) is 4.99. The molecule has 0 saturated heterocycles. The number of benzene rings is 1. The van der Waals surface area contributed by atoms with Crippen LogP contribution in [0.3, 0.4) is 0 Å². The number of methoxy groups -OCH3 is 1. The molecule has 114 valence electrons. The molecule has 4 heteroatoms. The third-order valence-corrected chi connectivity index (χ3v) is 4.44. The number of thiazole rings is 1. The Balaban J connectivity index is 2.07. The van der Waals surface area contributed by atoms with E-state index < -0.39 is 0 Å². The molecule has 0 spiro atoms. The summed E-state index contributed by atoms with van der Waals surface area (Å²) in [4.78, 5) is 6.24. The summed E-state index contributed by atoms with van der Waals surface area (Å²) in [7, 11) is 1.73. The maximum absolute atomic E-state index is 5.05. The van der Waals surface area contributed by atoms with Gasteiger partial charge in [-0.2, -0.15) is 0 Å². The molecular weight excluding hydrogens is 280 g/mol. The molecule has 0 saturated carbocycles. The third-order valence-electron chi connectivity index (χ3n) is 3.26. The van der Waals surface area contributed by atoms with Gasteiger partial charge in [0.1, 0.15) is 0 Å². The highest BCUT2D eigenvalue weighted by Crippen LogP contribution is 2.29. The first-order valence-electron chi connectivity index (χ1n) is 7.58. The van der Waals surface area contributed by atoms with Gasteiger partial charge in [-0.25, -0.2) is 4.98 Å². The van der Waals surface area contributed by atoms with Crippen molar-refractivity contribution in [3.63, 3.8) is 0 Å². The van der Waals surface area contributed by atoms with Gasteiger partial charge in [0.15, 0.2) is 0 Å². The maximum atomic E-state index is 5.05. The fraction of sp³-hybridized carbons (Fsp3) is 0.471. The average Bonchev–Trinajstić information content (AvgIpc) is 2.91. The maximum Gasteiger partial charge on any atom is 0.0935 e. The van der Waals surface area contributed by atoms with E-state index in [1.54, 1.807) is 7.11 Å². The molecule has 0 radical (unpaired) electrons. The Labute approximate surface area is 131 Å². The van der Waals surface area contributed by atoms with E-state index in [4.69, 9.17) is 9.72 Å². The number of nitrogens with zero attached hydrogens (tertiary/aromatic N) is 1. The first kappa shape index (κ1) is 16.1. The standard InChI is InChI=1S/C17H24N2OS/c1-3-7-16-19-17(14-8-5-4-6-9-14)15(21-16)10-11-18-12-13-20-2/h4-6,8-9,18H,3,7,10-13H2,1-2H3. The summed E-state index contributed by atoms with van der Waals surface area (Å²) in [6.45, 7) is 4.83. The summed E-state index contributed by atoms with van der Waals surface area (Å²) < 4.78 is 5.05. The first-order chi connectivity index (χ1) is 10.3. The van der Waals surface area contributed by atoms with Crippen molar-refractivity contribution in [3.05, 3.63) is 40.2 Å². The molecule has 0 fully saturated rings. The Morgan fingerprint density at radius 3 is 2.67 bits per heavy atom. The Bertz CT molecular complexity index is 525. The van der Waals surface area contributed by atoms with Crippen LogP contribution in [-0.2, 0) is 17.6 Å². The van der Waals surface area contributed by atoms with Crippen LogP contribution in [0.25, 0.3) is 11.3 Å². The van der Waals surface area contributed by atoms with E-state index in [9.17, 15) is 0 Å². The van der Waals surface area contributed by atoms with E-state index in [1.165, 1.54) is 15.4 Å². The molecule has 1 aromatic carbocycles. The SMILES string of the molecule is CCCc1nc(-c2ccccc2)c(CCNCCOC)s1. The van der Waals surface area contributed by atoms with Crippen molar-refractivity contribution < 1.29 is 4.74 Å². The van der Waals surface area contributed by atoms with Crippen molar-refractivity contribution in [3.8, 4) is 11.3 Å². The molecule has 0 atom stereocenters. The van der Waals surface area contributed by atoms with Gasteiger partial charge in [0.2, 0.25) is 0 Å². The molecule has 2 aromatic rings. The molecule has 2 rings (SSSR count).